The van der Waals surface area contributed by atoms with Crippen molar-refractivity contribution in [3.63, 3.8) is 0 Å². The van der Waals surface area contributed by atoms with Gasteiger partial charge in [-0.2, -0.15) is 0 Å². The van der Waals surface area contributed by atoms with Gasteiger partial charge in [-0.25, -0.2) is 0 Å². The lowest BCUT2D eigenvalue weighted by Gasteiger charge is -2.13. The van der Waals surface area contributed by atoms with E-state index in [9.17, 15) is 9.59 Å². The molecule has 0 spiro atoms. The fraction of sp³-hybridized carbons (Fsp3) is 0.375. The van der Waals surface area contributed by atoms with Gasteiger partial charge >= 0.3 is 0 Å². The molecule has 0 radical (unpaired) electrons. The van der Waals surface area contributed by atoms with Crippen molar-refractivity contribution >= 4 is 11.8 Å². The number of aryl methyl sites for hydroxylation is 1. The zero-order chi connectivity index (χ0) is 13.5. The van der Waals surface area contributed by atoms with Gasteiger partial charge < -0.3 is 0 Å². The van der Waals surface area contributed by atoms with E-state index in [1.54, 1.807) is 0 Å². The maximum Gasteiger partial charge on any atom is 0.253 e. The van der Waals surface area contributed by atoms with Gasteiger partial charge in [0.15, 0.2) is 0 Å². The number of hydrogen-bond donors (Lipinski definition) is 0. The molecular weight excluding hydrogens is 238 g/mol. The zero-order valence-electron chi connectivity index (χ0n) is 11.0. The highest BCUT2D eigenvalue weighted by molar-refractivity contribution is 6.12. The minimum absolute atomic E-state index is 0.172. The lowest BCUT2D eigenvalue weighted by atomic mass is 10.1. The second kappa shape index (κ2) is 6.88. The molecule has 3 nitrogen and oxygen atoms in total. The standard InChI is InChI=1S/C16H19NO2/c18-15-11-12-16(19)17(15)13-7-2-1-4-8-14-9-5-3-6-10-14/h3,5-6,9-12H,1-2,4,7-8,13H2. The summed E-state index contributed by atoms with van der Waals surface area (Å²) in [5.41, 5.74) is 1.37. The SMILES string of the molecule is O=C1C=CC(=O)N1CCCCCCc1ccccc1. The van der Waals surface area contributed by atoms with Crippen LogP contribution >= 0.6 is 0 Å². The van der Waals surface area contributed by atoms with Crippen LogP contribution in [0, 0.1) is 0 Å². The number of imide groups is 1. The van der Waals surface area contributed by atoms with E-state index in [0.717, 1.165) is 32.1 Å². The summed E-state index contributed by atoms with van der Waals surface area (Å²) in [5, 5.41) is 0. The molecule has 0 saturated carbocycles. The molecule has 0 bridgehead atoms. The highest BCUT2D eigenvalue weighted by Crippen LogP contribution is 2.10. The van der Waals surface area contributed by atoms with Crippen LogP contribution in [0.2, 0.25) is 0 Å². The minimum atomic E-state index is -0.172. The Kier molecular flexibility index (Phi) is 4.90. The molecule has 0 unspecified atom stereocenters. The number of amides is 2. The highest BCUT2D eigenvalue weighted by atomic mass is 16.2. The molecule has 0 N–H and O–H groups in total. The van der Waals surface area contributed by atoms with Gasteiger partial charge in [0, 0.05) is 18.7 Å². The lowest BCUT2D eigenvalue weighted by Crippen LogP contribution is -2.30. The molecule has 1 heterocycles. The van der Waals surface area contributed by atoms with Crippen molar-refractivity contribution in [3.05, 3.63) is 48.0 Å². The van der Waals surface area contributed by atoms with Crippen LogP contribution in [0.25, 0.3) is 0 Å². The summed E-state index contributed by atoms with van der Waals surface area (Å²) in [6.07, 6.45) is 8.04. The van der Waals surface area contributed by atoms with Gasteiger partial charge in [-0.1, -0.05) is 43.2 Å². The first-order chi connectivity index (χ1) is 9.27. The number of carbonyl (C=O) groups is 2. The van der Waals surface area contributed by atoms with Gasteiger partial charge in [0.2, 0.25) is 0 Å². The van der Waals surface area contributed by atoms with Crippen LogP contribution in [-0.4, -0.2) is 23.3 Å². The minimum Gasteiger partial charge on any atom is -0.275 e. The molecule has 100 valence electrons. The first-order valence-electron chi connectivity index (χ1n) is 6.85. The Labute approximate surface area is 113 Å². The Morgan fingerprint density at radius 1 is 0.789 bits per heavy atom. The van der Waals surface area contributed by atoms with Crippen molar-refractivity contribution in [1.82, 2.24) is 4.90 Å². The molecule has 1 aliphatic heterocycles. The summed E-state index contributed by atoms with van der Waals surface area (Å²) in [5.74, 6) is -0.344. The lowest BCUT2D eigenvalue weighted by molar-refractivity contribution is -0.136. The second-order valence-corrected chi connectivity index (χ2v) is 4.81. The normalized spacial score (nSPS) is 14.4. The van der Waals surface area contributed by atoms with Crippen molar-refractivity contribution in [2.75, 3.05) is 6.54 Å². The largest absolute Gasteiger partial charge is 0.275 e. The Morgan fingerprint density at radius 3 is 2.11 bits per heavy atom. The Morgan fingerprint density at radius 2 is 1.42 bits per heavy atom. The van der Waals surface area contributed by atoms with Crippen molar-refractivity contribution in [2.24, 2.45) is 0 Å². The van der Waals surface area contributed by atoms with Crippen LogP contribution in [0.1, 0.15) is 31.2 Å². The predicted octanol–water partition coefficient (Wildman–Crippen LogP) is 2.71. The summed E-state index contributed by atoms with van der Waals surface area (Å²) in [6.45, 7) is 0.552. The molecule has 0 saturated heterocycles. The van der Waals surface area contributed by atoms with Gasteiger partial charge in [0.1, 0.15) is 0 Å². The van der Waals surface area contributed by atoms with Crippen molar-refractivity contribution in [2.45, 2.75) is 32.1 Å². The fourth-order valence-electron chi connectivity index (χ4n) is 2.25. The molecule has 0 aliphatic carbocycles. The Bertz CT molecular complexity index is 447. The van der Waals surface area contributed by atoms with Crippen LogP contribution in [0.5, 0.6) is 0 Å². The molecule has 1 aromatic carbocycles. The molecule has 0 aromatic heterocycles. The number of carbonyl (C=O) groups excluding carboxylic acids is 2. The highest BCUT2D eigenvalue weighted by Gasteiger charge is 2.21. The summed E-state index contributed by atoms with van der Waals surface area (Å²) in [7, 11) is 0. The van der Waals surface area contributed by atoms with Crippen LogP contribution in [-0.2, 0) is 16.0 Å². The topological polar surface area (TPSA) is 37.4 Å². The van der Waals surface area contributed by atoms with Crippen LogP contribution < -0.4 is 0 Å². The third kappa shape index (κ3) is 4.05. The number of unbranched alkanes of at least 4 members (excludes halogenated alkanes) is 3. The van der Waals surface area contributed by atoms with E-state index in [4.69, 9.17) is 0 Å². The maximum absolute atomic E-state index is 11.3. The molecule has 2 rings (SSSR count). The second-order valence-electron chi connectivity index (χ2n) is 4.81. The van der Waals surface area contributed by atoms with Gasteiger partial charge in [-0.15, -0.1) is 0 Å². The van der Waals surface area contributed by atoms with E-state index in [1.807, 2.05) is 6.07 Å². The molecule has 1 aliphatic rings. The Hall–Kier alpha value is -1.90. The predicted molar refractivity (Wildman–Crippen MR) is 74.5 cm³/mol. The van der Waals surface area contributed by atoms with E-state index >= 15 is 0 Å². The fourth-order valence-corrected chi connectivity index (χ4v) is 2.25. The first kappa shape index (κ1) is 13.5. The van der Waals surface area contributed by atoms with E-state index in [0.29, 0.717) is 6.54 Å². The first-order valence-corrected chi connectivity index (χ1v) is 6.85. The monoisotopic (exact) mass is 257 g/mol. The van der Waals surface area contributed by atoms with Crippen LogP contribution in [0.15, 0.2) is 42.5 Å². The van der Waals surface area contributed by atoms with E-state index in [2.05, 4.69) is 24.3 Å². The van der Waals surface area contributed by atoms with Gasteiger partial charge in [-0.05, 0) is 24.8 Å². The van der Waals surface area contributed by atoms with E-state index in [-0.39, 0.29) is 11.8 Å². The summed E-state index contributed by atoms with van der Waals surface area (Å²) < 4.78 is 0. The molecule has 1 aromatic rings. The smallest absolute Gasteiger partial charge is 0.253 e. The van der Waals surface area contributed by atoms with Crippen molar-refractivity contribution in [3.8, 4) is 0 Å². The molecule has 0 atom stereocenters. The average molecular weight is 257 g/mol. The van der Waals surface area contributed by atoms with Crippen LogP contribution in [0.4, 0.5) is 0 Å². The molecular formula is C16H19NO2. The van der Waals surface area contributed by atoms with E-state index < -0.39 is 0 Å². The molecule has 19 heavy (non-hydrogen) atoms. The van der Waals surface area contributed by atoms with Gasteiger partial charge in [-0.3, -0.25) is 14.5 Å². The van der Waals surface area contributed by atoms with Gasteiger partial charge in [0.25, 0.3) is 11.8 Å². The zero-order valence-corrected chi connectivity index (χ0v) is 11.0. The number of benzene rings is 1. The third-order valence-electron chi connectivity index (χ3n) is 3.34. The summed E-state index contributed by atoms with van der Waals surface area (Å²) in [6, 6.07) is 10.4. The summed E-state index contributed by atoms with van der Waals surface area (Å²) >= 11 is 0. The molecule has 0 fully saturated rings. The van der Waals surface area contributed by atoms with Crippen molar-refractivity contribution < 1.29 is 9.59 Å². The van der Waals surface area contributed by atoms with Crippen molar-refractivity contribution in [1.29, 1.82) is 0 Å². The average Bonchev–Trinajstić information content (AvgIpc) is 2.75. The molecule has 3 heteroatoms. The Balaban J connectivity index is 1.56. The number of hydrogen-bond acceptors (Lipinski definition) is 2. The van der Waals surface area contributed by atoms with E-state index in [1.165, 1.54) is 22.6 Å². The quantitative estimate of drug-likeness (QED) is 0.556. The number of rotatable bonds is 7. The van der Waals surface area contributed by atoms with Gasteiger partial charge in [0.05, 0.1) is 0 Å². The molecule has 2 amide bonds. The third-order valence-corrected chi connectivity index (χ3v) is 3.34. The number of nitrogens with zero attached hydrogens (tertiary/aromatic N) is 1. The maximum atomic E-state index is 11.3. The van der Waals surface area contributed by atoms with Crippen LogP contribution in [0.3, 0.4) is 0 Å². The summed E-state index contributed by atoms with van der Waals surface area (Å²) in [4.78, 5) is 23.9.